The molecule has 1 aliphatic rings. The first-order valence-corrected chi connectivity index (χ1v) is 9.09. The van der Waals surface area contributed by atoms with E-state index >= 15 is 0 Å². The highest BCUT2D eigenvalue weighted by atomic mass is 32.2. The van der Waals surface area contributed by atoms with E-state index in [0.29, 0.717) is 18.7 Å². The summed E-state index contributed by atoms with van der Waals surface area (Å²) in [6.45, 7) is 2.59. The molecule has 25 heavy (non-hydrogen) atoms. The lowest BCUT2D eigenvalue weighted by molar-refractivity contribution is -0.139. The molecule has 0 spiro atoms. The largest absolute Gasteiger partial charge is 0.481 e. The van der Waals surface area contributed by atoms with E-state index in [1.54, 1.807) is 0 Å². The second-order valence-corrected chi connectivity index (χ2v) is 7.09. The van der Waals surface area contributed by atoms with Crippen LogP contribution in [-0.4, -0.2) is 53.1 Å². The summed E-state index contributed by atoms with van der Waals surface area (Å²) in [6, 6.07) is 7.45. The number of anilines is 1. The first-order chi connectivity index (χ1) is 11.9. The number of nitrogens with one attached hydrogen (secondary N) is 2. The minimum absolute atomic E-state index is 0.0860. The van der Waals surface area contributed by atoms with Crippen molar-refractivity contribution in [1.82, 2.24) is 5.32 Å². The molecule has 2 rings (SSSR count). The van der Waals surface area contributed by atoms with E-state index in [9.17, 15) is 14.4 Å². The number of hydrogen-bond acceptors (Lipinski definition) is 5. The van der Waals surface area contributed by atoms with Crippen molar-refractivity contribution >= 4 is 35.2 Å². The van der Waals surface area contributed by atoms with Gasteiger partial charge in [-0.2, -0.15) is 0 Å². The zero-order valence-electron chi connectivity index (χ0n) is 14.0. The molecule has 0 bridgehead atoms. The third-order valence-corrected chi connectivity index (χ3v) is 4.73. The van der Waals surface area contributed by atoms with Crippen molar-refractivity contribution in [2.45, 2.75) is 25.3 Å². The van der Waals surface area contributed by atoms with Gasteiger partial charge in [0, 0.05) is 12.3 Å². The number of carbonyl (C=O) groups excluding carboxylic acids is 2. The van der Waals surface area contributed by atoms with Gasteiger partial charge in [-0.15, -0.1) is 11.8 Å². The molecule has 8 heteroatoms. The Kier molecular flexibility index (Phi) is 6.83. The lowest BCUT2D eigenvalue weighted by atomic mass is 9.94. The number of aryl methyl sites for hydroxylation is 1. The van der Waals surface area contributed by atoms with E-state index in [2.05, 4.69) is 10.6 Å². The molecule has 1 unspecified atom stereocenters. The number of carboxylic acid groups (broad SMARTS) is 1. The molecule has 1 fully saturated rings. The summed E-state index contributed by atoms with van der Waals surface area (Å²) >= 11 is 1.18. The average molecular weight is 366 g/mol. The first-order valence-electron chi connectivity index (χ1n) is 7.93. The van der Waals surface area contributed by atoms with Crippen molar-refractivity contribution in [3.8, 4) is 0 Å². The Morgan fingerprint density at radius 2 is 1.88 bits per heavy atom. The Labute approximate surface area is 150 Å². The third-order valence-electron chi connectivity index (χ3n) is 3.80. The Morgan fingerprint density at radius 1 is 1.20 bits per heavy atom. The van der Waals surface area contributed by atoms with Crippen LogP contribution in [0.1, 0.15) is 18.4 Å². The fraction of sp³-hybridized carbons (Fsp3) is 0.471. The Morgan fingerprint density at radius 3 is 2.48 bits per heavy atom. The number of ether oxygens (including phenoxy) is 1. The second-order valence-electron chi connectivity index (χ2n) is 6.11. The minimum atomic E-state index is -0.976. The van der Waals surface area contributed by atoms with Crippen LogP contribution in [0.5, 0.6) is 0 Å². The predicted molar refractivity (Wildman–Crippen MR) is 95.7 cm³/mol. The maximum Gasteiger partial charge on any atom is 0.305 e. The summed E-state index contributed by atoms with van der Waals surface area (Å²) in [7, 11) is 0. The van der Waals surface area contributed by atoms with Crippen molar-refractivity contribution in [2.75, 3.05) is 30.0 Å². The van der Waals surface area contributed by atoms with Crippen molar-refractivity contribution in [1.29, 1.82) is 0 Å². The van der Waals surface area contributed by atoms with Crippen molar-refractivity contribution < 1.29 is 24.2 Å². The first kappa shape index (κ1) is 19.3. The van der Waals surface area contributed by atoms with Gasteiger partial charge in [-0.25, -0.2) is 0 Å². The maximum absolute atomic E-state index is 12.1. The average Bonchev–Trinajstić information content (AvgIpc) is 2.96. The molecule has 7 nitrogen and oxygen atoms in total. The van der Waals surface area contributed by atoms with Gasteiger partial charge in [-0.05, 0) is 25.5 Å². The molecule has 1 aliphatic heterocycles. The number of aliphatic carboxylic acids is 1. The van der Waals surface area contributed by atoms with Gasteiger partial charge in [0.15, 0.2) is 0 Å². The van der Waals surface area contributed by atoms with Gasteiger partial charge >= 0.3 is 5.97 Å². The Bertz CT molecular complexity index is 626. The van der Waals surface area contributed by atoms with E-state index in [4.69, 9.17) is 9.84 Å². The van der Waals surface area contributed by atoms with Gasteiger partial charge in [0.2, 0.25) is 11.8 Å². The summed E-state index contributed by atoms with van der Waals surface area (Å²) in [5, 5.41) is 14.5. The van der Waals surface area contributed by atoms with Crippen molar-refractivity contribution in [3.05, 3.63) is 29.8 Å². The van der Waals surface area contributed by atoms with Crippen LogP contribution in [0.15, 0.2) is 24.3 Å². The van der Waals surface area contributed by atoms with E-state index in [-0.39, 0.29) is 36.3 Å². The molecule has 3 N–H and O–H groups in total. The highest BCUT2D eigenvalue weighted by Gasteiger charge is 2.38. The lowest BCUT2D eigenvalue weighted by Gasteiger charge is -2.26. The number of hydrogen-bond donors (Lipinski definition) is 3. The van der Waals surface area contributed by atoms with Crippen LogP contribution < -0.4 is 10.6 Å². The van der Waals surface area contributed by atoms with Gasteiger partial charge in [0.25, 0.3) is 0 Å². The molecular weight excluding hydrogens is 344 g/mol. The number of thioether (sulfide) groups is 1. The molecule has 1 heterocycles. The molecule has 2 amide bonds. The van der Waals surface area contributed by atoms with Crippen LogP contribution in [-0.2, 0) is 19.1 Å². The highest BCUT2D eigenvalue weighted by Crippen LogP contribution is 2.23. The van der Waals surface area contributed by atoms with Crippen molar-refractivity contribution in [2.24, 2.45) is 0 Å². The van der Waals surface area contributed by atoms with Crippen LogP contribution in [0.3, 0.4) is 0 Å². The predicted octanol–water partition coefficient (Wildman–Crippen LogP) is 1.42. The standard InChI is InChI=1S/C17H22N2O5S/c1-12-2-4-13(5-3-12)18-14(20)9-25-10-15(21)19-17(8-16(22)23)6-7-24-11-17/h2-5H,6-11H2,1H3,(H,18,20)(H,19,21)(H,22,23). The molecule has 136 valence electrons. The van der Waals surface area contributed by atoms with Crippen LogP contribution in [0.2, 0.25) is 0 Å². The lowest BCUT2D eigenvalue weighted by Crippen LogP contribution is -2.51. The molecule has 1 atom stereocenters. The Balaban J connectivity index is 1.73. The zero-order valence-corrected chi connectivity index (χ0v) is 14.9. The normalized spacial score (nSPS) is 19.4. The monoisotopic (exact) mass is 366 g/mol. The SMILES string of the molecule is Cc1ccc(NC(=O)CSCC(=O)NC2(CC(=O)O)CCOC2)cc1. The summed E-state index contributed by atoms with van der Waals surface area (Å²) in [5.74, 6) is -1.23. The molecule has 0 saturated carbocycles. The molecular formula is C17H22N2O5S. The highest BCUT2D eigenvalue weighted by molar-refractivity contribution is 8.00. The molecule has 1 saturated heterocycles. The number of carboxylic acids is 1. The molecule has 0 aromatic heterocycles. The quantitative estimate of drug-likeness (QED) is 0.643. The summed E-state index contributed by atoms with van der Waals surface area (Å²) in [6.07, 6.45) is 0.306. The fourth-order valence-electron chi connectivity index (χ4n) is 2.58. The summed E-state index contributed by atoms with van der Waals surface area (Å²) in [4.78, 5) is 34.9. The van der Waals surface area contributed by atoms with E-state index in [1.807, 2.05) is 31.2 Å². The van der Waals surface area contributed by atoms with Gasteiger partial charge < -0.3 is 20.5 Å². The van der Waals surface area contributed by atoms with Crippen LogP contribution in [0.25, 0.3) is 0 Å². The second kappa shape index (κ2) is 8.87. The smallest absolute Gasteiger partial charge is 0.305 e. The van der Waals surface area contributed by atoms with Gasteiger partial charge in [0.05, 0.1) is 30.1 Å². The fourth-order valence-corrected chi connectivity index (χ4v) is 3.20. The van der Waals surface area contributed by atoms with Crippen LogP contribution in [0.4, 0.5) is 5.69 Å². The zero-order chi connectivity index (χ0) is 18.3. The van der Waals surface area contributed by atoms with Gasteiger partial charge in [0.1, 0.15) is 0 Å². The van der Waals surface area contributed by atoms with Crippen LogP contribution in [0, 0.1) is 6.92 Å². The van der Waals surface area contributed by atoms with Gasteiger partial charge in [-0.3, -0.25) is 14.4 Å². The number of amides is 2. The van der Waals surface area contributed by atoms with E-state index in [1.165, 1.54) is 11.8 Å². The van der Waals surface area contributed by atoms with E-state index < -0.39 is 11.5 Å². The van der Waals surface area contributed by atoms with Gasteiger partial charge in [-0.1, -0.05) is 17.7 Å². The van der Waals surface area contributed by atoms with Crippen molar-refractivity contribution in [3.63, 3.8) is 0 Å². The summed E-state index contributed by atoms with van der Waals surface area (Å²) in [5.41, 5.74) is 0.979. The summed E-state index contributed by atoms with van der Waals surface area (Å²) < 4.78 is 5.23. The Hall–Kier alpha value is -2.06. The molecule has 0 radical (unpaired) electrons. The minimum Gasteiger partial charge on any atom is -0.481 e. The number of benzene rings is 1. The van der Waals surface area contributed by atoms with Crippen LogP contribution >= 0.6 is 11.8 Å². The van der Waals surface area contributed by atoms with E-state index in [0.717, 1.165) is 5.56 Å². The third kappa shape index (κ3) is 6.39. The molecule has 0 aliphatic carbocycles. The topological polar surface area (TPSA) is 105 Å². The maximum atomic E-state index is 12.1. The molecule has 1 aromatic rings. The molecule has 1 aromatic carbocycles. The number of rotatable bonds is 8. The number of carbonyl (C=O) groups is 3.